The van der Waals surface area contributed by atoms with Gasteiger partial charge in [-0.05, 0) is 48.2 Å². The molecule has 1 N–H and O–H groups in total. The number of hydrogen-bond acceptors (Lipinski definition) is 4. The molecule has 0 bridgehead atoms. The van der Waals surface area contributed by atoms with Crippen molar-refractivity contribution in [2.24, 2.45) is 5.92 Å². The average molecular weight is 534 g/mol. The van der Waals surface area contributed by atoms with Crippen LogP contribution in [0.1, 0.15) is 29.5 Å². The van der Waals surface area contributed by atoms with Crippen molar-refractivity contribution in [3.63, 3.8) is 0 Å². The quantitative estimate of drug-likeness (QED) is 0.214. The van der Waals surface area contributed by atoms with Gasteiger partial charge in [0, 0.05) is 33.0 Å². The summed E-state index contributed by atoms with van der Waals surface area (Å²) in [6.45, 7) is 0. The Bertz CT molecular complexity index is 1200. The maximum atomic E-state index is 14.8. The lowest BCUT2D eigenvalue weighted by Crippen LogP contribution is -2.31. The fraction of sp³-hybridized carbons (Fsp3) is 0.250. The zero-order valence-corrected chi connectivity index (χ0v) is 19.9. The molecular weight excluding hydrogens is 515 g/mol. The molecule has 0 saturated heterocycles. The number of hydrogen-bond donors (Lipinski definition) is 1. The molecule has 0 amide bonds. The Morgan fingerprint density at radius 1 is 1.09 bits per heavy atom. The normalized spacial score (nSPS) is 26.2. The van der Waals surface area contributed by atoms with E-state index < -0.39 is 0 Å². The van der Waals surface area contributed by atoms with Gasteiger partial charge in [0.2, 0.25) is 0 Å². The van der Waals surface area contributed by atoms with Gasteiger partial charge in [0.25, 0.3) is 5.69 Å². The van der Waals surface area contributed by atoms with Crippen LogP contribution >= 0.6 is 39.3 Å². The molecule has 8 heteroatoms. The standard InChI is InChI=1S/C24H19BrClFN2O2S/c25-13-9-10-18-15(11-13)22-16(24(28-18)14-5-1-2-6-17(14)27)12-21(23(22)26)32-20-8-4-3-7-19(20)29(30)31/h1-11,16,21-24,28H,12H2/t16-,21-,22+,23-,24-/m0/s1. The molecule has 3 aromatic carbocycles. The summed E-state index contributed by atoms with van der Waals surface area (Å²) in [6, 6.07) is 19.4. The Morgan fingerprint density at radius 3 is 2.62 bits per heavy atom. The van der Waals surface area contributed by atoms with Gasteiger partial charge in [-0.2, -0.15) is 0 Å². The van der Waals surface area contributed by atoms with Crippen LogP contribution in [0.25, 0.3) is 0 Å². The van der Waals surface area contributed by atoms with Crippen molar-refractivity contribution in [1.29, 1.82) is 0 Å². The van der Waals surface area contributed by atoms with Crippen LogP contribution < -0.4 is 5.32 Å². The van der Waals surface area contributed by atoms with E-state index in [4.69, 9.17) is 11.6 Å². The number of para-hydroxylation sites is 1. The molecule has 5 rings (SSSR count). The number of nitrogens with one attached hydrogen (secondary N) is 1. The second-order valence-corrected chi connectivity index (χ2v) is 10.8. The smallest absolute Gasteiger partial charge is 0.282 e. The Hall–Kier alpha value is -2.09. The SMILES string of the molecule is O=[N+]([O-])c1ccccc1S[C@H]1C[C@H]2[C@@H](c3cc(Br)ccc3N[C@H]2c2ccccc2F)[C@H]1Cl. The van der Waals surface area contributed by atoms with Crippen LogP contribution in [0.3, 0.4) is 0 Å². The van der Waals surface area contributed by atoms with Gasteiger partial charge in [0.05, 0.1) is 21.2 Å². The predicted octanol–water partition coefficient (Wildman–Crippen LogP) is 7.54. The van der Waals surface area contributed by atoms with E-state index in [0.717, 1.165) is 15.7 Å². The zero-order chi connectivity index (χ0) is 22.4. The van der Waals surface area contributed by atoms with Gasteiger partial charge >= 0.3 is 0 Å². The molecule has 32 heavy (non-hydrogen) atoms. The van der Waals surface area contributed by atoms with Crippen molar-refractivity contribution in [1.82, 2.24) is 0 Å². The lowest BCUT2D eigenvalue weighted by Gasteiger charge is -2.38. The first-order valence-electron chi connectivity index (χ1n) is 10.3. The Balaban J connectivity index is 1.55. The summed E-state index contributed by atoms with van der Waals surface area (Å²) in [6.07, 6.45) is 0.716. The van der Waals surface area contributed by atoms with Crippen LogP contribution in [-0.4, -0.2) is 15.6 Å². The Kier molecular flexibility index (Phi) is 5.90. The van der Waals surface area contributed by atoms with Crippen molar-refractivity contribution in [3.05, 3.63) is 98.3 Å². The Morgan fingerprint density at radius 2 is 1.84 bits per heavy atom. The first-order chi connectivity index (χ1) is 15.4. The van der Waals surface area contributed by atoms with Crippen LogP contribution in [0.15, 0.2) is 76.1 Å². The van der Waals surface area contributed by atoms with Crippen molar-refractivity contribution in [2.75, 3.05) is 5.32 Å². The molecule has 2 aliphatic rings. The fourth-order valence-electron chi connectivity index (χ4n) is 4.99. The first-order valence-corrected chi connectivity index (χ1v) is 12.4. The molecular formula is C24H19BrClFN2O2S. The van der Waals surface area contributed by atoms with Gasteiger partial charge in [-0.25, -0.2) is 4.39 Å². The molecule has 1 aliphatic heterocycles. The summed E-state index contributed by atoms with van der Waals surface area (Å²) >= 11 is 12.1. The number of fused-ring (bicyclic) bond motifs is 3. The number of nitro groups is 1. The number of thioether (sulfide) groups is 1. The molecule has 0 radical (unpaired) electrons. The van der Waals surface area contributed by atoms with Gasteiger partial charge < -0.3 is 5.32 Å². The molecule has 0 aromatic heterocycles. The highest BCUT2D eigenvalue weighted by Crippen LogP contribution is 2.58. The highest BCUT2D eigenvalue weighted by molar-refractivity contribution is 9.10. The van der Waals surface area contributed by atoms with Crippen molar-refractivity contribution >= 4 is 50.7 Å². The molecule has 4 nitrogen and oxygen atoms in total. The number of benzene rings is 3. The van der Waals surface area contributed by atoms with E-state index in [1.807, 2.05) is 24.3 Å². The highest BCUT2D eigenvalue weighted by atomic mass is 79.9. The molecule has 1 heterocycles. The van der Waals surface area contributed by atoms with Gasteiger partial charge in [-0.3, -0.25) is 10.1 Å². The third kappa shape index (κ3) is 3.80. The summed E-state index contributed by atoms with van der Waals surface area (Å²) in [7, 11) is 0. The zero-order valence-electron chi connectivity index (χ0n) is 16.8. The molecule has 0 unspecified atom stereocenters. The van der Waals surface area contributed by atoms with Crippen LogP contribution in [0, 0.1) is 21.8 Å². The minimum atomic E-state index is -0.357. The monoisotopic (exact) mass is 532 g/mol. The molecule has 1 fully saturated rings. The maximum Gasteiger partial charge on any atom is 0.282 e. The largest absolute Gasteiger partial charge is 0.378 e. The molecule has 5 atom stereocenters. The van der Waals surface area contributed by atoms with Crippen LogP contribution in [0.4, 0.5) is 15.8 Å². The maximum absolute atomic E-state index is 14.8. The average Bonchev–Trinajstić information content (AvgIpc) is 3.10. The summed E-state index contributed by atoms with van der Waals surface area (Å²) in [4.78, 5) is 11.8. The van der Waals surface area contributed by atoms with E-state index in [-0.39, 0.29) is 44.9 Å². The van der Waals surface area contributed by atoms with Crippen molar-refractivity contribution in [3.8, 4) is 0 Å². The van der Waals surface area contributed by atoms with Gasteiger partial charge in [0.15, 0.2) is 0 Å². The molecule has 164 valence electrons. The molecule has 1 aliphatic carbocycles. The van der Waals surface area contributed by atoms with Gasteiger partial charge in [-0.1, -0.05) is 46.3 Å². The summed E-state index contributed by atoms with van der Waals surface area (Å²) < 4.78 is 15.8. The number of nitrogens with zero attached hydrogens (tertiary/aromatic N) is 1. The van der Waals surface area contributed by atoms with Crippen molar-refractivity contribution in [2.45, 2.75) is 33.9 Å². The van der Waals surface area contributed by atoms with Gasteiger partial charge in [0.1, 0.15) is 5.82 Å². The number of nitro benzene ring substituents is 1. The molecule has 1 saturated carbocycles. The van der Waals surface area contributed by atoms with Gasteiger partial charge in [-0.15, -0.1) is 23.4 Å². The third-order valence-electron chi connectivity index (χ3n) is 6.36. The summed E-state index contributed by atoms with van der Waals surface area (Å²) in [5.41, 5.74) is 2.76. The molecule has 3 aromatic rings. The highest BCUT2D eigenvalue weighted by Gasteiger charge is 2.50. The lowest BCUT2D eigenvalue weighted by molar-refractivity contribution is -0.387. The second-order valence-electron chi connectivity index (χ2n) is 8.13. The number of rotatable bonds is 4. The van der Waals surface area contributed by atoms with E-state index in [9.17, 15) is 14.5 Å². The number of halogens is 3. The number of anilines is 1. The van der Waals surface area contributed by atoms with E-state index in [1.54, 1.807) is 24.3 Å². The fourth-order valence-corrected chi connectivity index (χ4v) is 7.32. The predicted molar refractivity (Wildman–Crippen MR) is 130 cm³/mol. The summed E-state index contributed by atoms with van der Waals surface area (Å²) in [5.74, 6) is -0.197. The topological polar surface area (TPSA) is 55.2 Å². The van der Waals surface area contributed by atoms with E-state index in [0.29, 0.717) is 16.9 Å². The van der Waals surface area contributed by atoms with Crippen LogP contribution in [0.2, 0.25) is 0 Å². The minimum Gasteiger partial charge on any atom is -0.378 e. The summed E-state index contributed by atoms with van der Waals surface area (Å²) in [5, 5.41) is 14.8. The third-order valence-corrected chi connectivity index (χ3v) is 8.96. The second kappa shape index (κ2) is 8.69. The Labute approximate surface area is 202 Å². The van der Waals surface area contributed by atoms with E-state index in [1.165, 1.54) is 23.9 Å². The van der Waals surface area contributed by atoms with Crippen molar-refractivity contribution < 1.29 is 9.31 Å². The van der Waals surface area contributed by atoms with E-state index in [2.05, 4.69) is 27.3 Å². The lowest BCUT2D eigenvalue weighted by atomic mass is 9.77. The number of alkyl halides is 1. The minimum absolute atomic E-state index is 0.00436. The first kappa shape index (κ1) is 21.7. The molecule has 0 spiro atoms. The van der Waals surface area contributed by atoms with Crippen LogP contribution in [0.5, 0.6) is 0 Å². The van der Waals surface area contributed by atoms with E-state index >= 15 is 0 Å². The van der Waals surface area contributed by atoms with Crippen LogP contribution in [-0.2, 0) is 0 Å².